The lowest BCUT2D eigenvalue weighted by molar-refractivity contribution is -0.154. The minimum absolute atomic E-state index is 0.145. The van der Waals surface area contributed by atoms with E-state index in [9.17, 15) is 29.1 Å². The zero-order chi connectivity index (χ0) is 37.5. The molecule has 0 aliphatic carbocycles. The first-order valence-corrected chi connectivity index (χ1v) is 17.3. The summed E-state index contributed by atoms with van der Waals surface area (Å²) in [5.74, 6) is -3.29. The van der Waals surface area contributed by atoms with Crippen LogP contribution < -0.4 is 16.1 Å². The fourth-order valence-electron chi connectivity index (χ4n) is 5.74. The van der Waals surface area contributed by atoms with Gasteiger partial charge in [0, 0.05) is 24.3 Å². The van der Waals surface area contributed by atoms with Gasteiger partial charge in [0.1, 0.15) is 24.2 Å². The molecule has 2 aliphatic rings. The molecule has 14 heteroatoms. The Hall–Kier alpha value is -4.40. The van der Waals surface area contributed by atoms with Crippen molar-refractivity contribution in [3.8, 4) is 0 Å². The van der Waals surface area contributed by atoms with Gasteiger partial charge in [0.05, 0.1) is 43.1 Å². The van der Waals surface area contributed by atoms with Gasteiger partial charge in [0.15, 0.2) is 0 Å². The Kier molecular flexibility index (Phi) is 12.9. The molecule has 2 aliphatic heterocycles. The minimum atomic E-state index is -1.13. The SMILES string of the molecule is CC(=O)O[C@H](C)c1ccc2ccc(/C=C/C(C)(C)C(=O)N[C@H](C(=O)N[C@@H](COCC3(C)COC3)C(=O)N3CCC[C@@H](C(=O)O)N3)C(C)C)cc2n1. The molecule has 3 amide bonds. The van der Waals surface area contributed by atoms with E-state index in [1.54, 1.807) is 40.7 Å². The maximum absolute atomic E-state index is 13.7. The summed E-state index contributed by atoms with van der Waals surface area (Å²) >= 11 is 0. The van der Waals surface area contributed by atoms with Crippen molar-refractivity contribution in [3.63, 3.8) is 0 Å². The summed E-state index contributed by atoms with van der Waals surface area (Å²) in [5.41, 5.74) is 3.63. The number of hydrogen-bond donors (Lipinski definition) is 4. The van der Waals surface area contributed by atoms with Crippen LogP contribution >= 0.6 is 0 Å². The van der Waals surface area contributed by atoms with E-state index in [-0.39, 0.29) is 24.5 Å². The van der Waals surface area contributed by atoms with Crippen LogP contribution in [-0.2, 0) is 38.2 Å². The molecule has 4 N–H and O–H groups in total. The fraction of sp³-hybridized carbons (Fsp3) is 0.568. The largest absolute Gasteiger partial charge is 0.480 e. The number of carbonyl (C=O) groups excluding carboxylic acids is 4. The van der Waals surface area contributed by atoms with Gasteiger partial charge in [0.2, 0.25) is 11.8 Å². The first-order chi connectivity index (χ1) is 24.0. The van der Waals surface area contributed by atoms with Crippen LogP contribution in [0.15, 0.2) is 36.4 Å². The topological polar surface area (TPSA) is 185 Å². The average Bonchev–Trinajstić information content (AvgIpc) is 3.07. The fourth-order valence-corrected chi connectivity index (χ4v) is 5.74. The first-order valence-electron chi connectivity index (χ1n) is 17.3. The van der Waals surface area contributed by atoms with Crippen molar-refractivity contribution < 1.29 is 43.3 Å². The van der Waals surface area contributed by atoms with Crippen LogP contribution in [0.2, 0.25) is 0 Å². The van der Waals surface area contributed by atoms with E-state index in [1.165, 1.54) is 11.9 Å². The van der Waals surface area contributed by atoms with E-state index >= 15 is 0 Å². The van der Waals surface area contributed by atoms with Crippen LogP contribution in [0.25, 0.3) is 17.0 Å². The molecule has 14 nitrogen and oxygen atoms in total. The zero-order valence-corrected chi connectivity index (χ0v) is 30.5. The molecule has 2 saturated heterocycles. The lowest BCUT2D eigenvalue weighted by atomic mass is 9.89. The minimum Gasteiger partial charge on any atom is -0.480 e. The van der Waals surface area contributed by atoms with Gasteiger partial charge in [-0.3, -0.25) is 29.0 Å². The van der Waals surface area contributed by atoms with Gasteiger partial charge in [-0.05, 0) is 57.2 Å². The number of aliphatic carboxylic acids is 1. The van der Waals surface area contributed by atoms with E-state index in [4.69, 9.17) is 14.2 Å². The molecule has 51 heavy (non-hydrogen) atoms. The number of carboxylic acids is 1. The summed E-state index contributed by atoms with van der Waals surface area (Å²) in [4.78, 5) is 68.7. The van der Waals surface area contributed by atoms with E-state index < -0.39 is 59.3 Å². The van der Waals surface area contributed by atoms with Crippen molar-refractivity contribution in [2.45, 2.75) is 85.5 Å². The maximum atomic E-state index is 13.7. The van der Waals surface area contributed by atoms with Crippen molar-refractivity contribution in [1.82, 2.24) is 26.1 Å². The Morgan fingerprint density at radius 1 is 1.14 bits per heavy atom. The van der Waals surface area contributed by atoms with Gasteiger partial charge < -0.3 is 30.0 Å². The molecule has 4 rings (SSSR count). The lowest BCUT2D eigenvalue weighted by Crippen LogP contribution is -2.62. The highest BCUT2D eigenvalue weighted by atomic mass is 16.5. The number of amides is 3. The Morgan fingerprint density at radius 3 is 2.47 bits per heavy atom. The van der Waals surface area contributed by atoms with Crippen LogP contribution in [0.3, 0.4) is 0 Å². The van der Waals surface area contributed by atoms with Crippen LogP contribution in [0, 0.1) is 16.7 Å². The summed E-state index contributed by atoms with van der Waals surface area (Å²) in [6, 6.07) is 6.37. The highest BCUT2D eigenvalue weighted by Gasteiger charge is 2.38. The zero-order valence-electron chi connectivity index (χ0n) is 30.5. The van der Waals surface area contributed by atoms with Crippen LogP contribution in [-0.4, -0.2) is 95.9 Å². The molecule has 2 aromatic rings. The van der Waals surface area contributed by atoms with Gasteiger partial charge in [-0.25, -0.2) is 10.4 Å². The Labute approximate surface area is 298 Å². The molecule has 3 heterocycles. The number of rotatable bonds is 15. The van der Waals surface area contributed by atoms with Crippen LogP contribution in [0.4, 0.5) is 0 Å². The van der Waals surface area contributed by atoms with Crippen molar-refractivity contribution in [2.75, 3.05) is 33.0 Å². The normalized spacial score (nSPS) is 19.2. The molecule has 1 aromatic heterocycles. The van der Waals surface area contributed by atoms with Gasteiger partial charge in [0.25, 0.3) is 5.91 Å². The number of esters is 1. The third kappa shape index (κ3) is 10.6. The average molecular weight is 710 g/mol. The molecular formula is C37H51N5O9. The Bertz CT molecular complexity index is 1640. The molecule has 0 saturated carbocycles. The third-order valence-corrected chi connectivity index (χ3v) is 9.01. The molecular weight excluding hydrogens is 658 g/mol. The van der Waals surface area contributed by atoms with Gasteiger partial charge in [-0.2, -0.15) is 0 Å². The predicted molar refractivity (Wildman–Crippen MR) is 189 cm³/mol. The summed E-state index contributed by atoms with van der Waals surface area (Å²) in [7, 11) is 0. The summed E-state index contributed by atoms with van der Waals surface area (Å²) < 4.78 is 16.4. The van der Waals surface area contributed by atoms with Crippen LogP contribution in [0.5, 0.6) is 0 Å². The quantitative estimate of drug-likeness (QED) is 0.199. The molecule has 4 atom stereocenters. The number of pyridine rings is 1. The van der Waals surface area contributed by atoms with Gasteiger partial charge in [-0.1, -0.05) is 51.1 Å². The number of benzene rings is 1. The number of carboxylic acid groups (broad SMARTS) is 1. The van der Waals surface area contributed by atoms with Gasteiger partial charge in [-0.15, -0.1) is 0 Å². The maximum Gasteiger partial charge on any atom is 0.322 e. The molecule has 278 valence electrons. The number of fused-ring (bicyclic) bond motifs is 1. The van der Waals surface area contributed by atoms with Crippen molar-refractivity contribution >= 4 is 46.6 Å². The number of ether oxygens (including phenoxy) is 3. The van der Waals surface area contributed by atoms with Crippen molar-refractivity contribution in [3.05, 3.63) is 47.7 Å². The smallest absolute Gasteiger partial charge is 0.322 e. The second-order valence-corrected chi connectivity index (χ2v) is 14.7. The molecule has 0 unspecified atom stereocenters. The standard InChI is InChI=1S/C37H51N5O9/c1-22(2)31(32(44)39-30(18-49-19-37(7)20-50-21-37)33(45)42-16-8-9-28(41-42)34(46)47)40-35(48)36(5,6)15-14-25-10-11-26-12-13-27(38-29(26)17-25)23(3)51-24(4)43/h10-15,17,22-23,28,30-31,41H,8-9,16,18-21H2,1-7H3,(H,39,44)(H,40,48)(H,46,47)/b15-14+/t23-,28+,30+,31+/m1/s1. The number of nitrogens with one attached hydrogen (secondary N) is 3. The Balaban J connectivity index is 1.45. The van der Waals surface area contributed by atoms with Crippen molar-refractivity contribution in [2.24, 2.45) is 16.7 Å². The van der Waals surface area contributed by atoms with Gasteiger partial charge >= 0.3 is 11.9 Å². The molecule has 0 bridgehead atoms. The monoisotopic (exact) mass is 709 g/mol. The number of hydrogen-bond acceptors (Lipinski definition) is 10. The number of nitrogens with zero attached hydrogens (tertiary/aromatic N) is 2. The summed E-state index contributed by atoms with van der Waals surface area (Å²) in [6.45, 7) is 13.6. The second-order valence-electron chi connectivity index (χ2n) is 14.7. The molecule has 2 fully saturated rings. The molecule has 1 aromatic carbocycles. The molecule has 0 radical (unpaired) electrons. The highest BCUT2D eigenvalue weighted by molar-refractivity contribution is 5.94. The predicted octanol–water partition coefficient (Wildman–Crippen LogP) is 3.16. The lowest BCUT2D eigenvalue weighted by Gasteiger charge is -2.38. The second kappa shape index (κ2) is 16.7. The van der Waals surface area contributed by atoms with E-state index in [2.05, 4.69) is 21.0 Å². The summed E-state index contributed by atoms with van der Waals surface area (Å²) in [5, 5.41) is 17.3. The van der Waals surface area contributed by atoms with E-state index in [0.717, 1.165) is 10.9 Å². The van der Waals surface area contributed by atoms with Crippen molar-refractivity contribution in [1.29, 1.82) is 0 Å². The first kappa shape index (κ1) is 39.4. The summed E-state index contributed by atoms with van der Waals surface area (Å²) in [6.07, 6.45) is 3.90. The number of aromatic nitrogens is 1. The van der Waals surface area contributed by atoms with E-state index in [0.29, 0.717) is 43.9 Å². The van der Waals surface area contributed by atoms with E-state index in [1.807, 2.05) is 43.3 Å². The van der Waals surface area contributed by atoms with Crippen LogP contribution in [0.1, 0.15) is 78.7 Å². The third-order valence-electron chi connectivity index (χ3n) is 9.01. The molecule has 0 spiro atoms. The number of carbonyl (C=O) groups is 5. The number of hydrazine groups is 1. The highest BCUT2D eigenvalue weighted by Crippen LogP contribution is 2.27. The Morgan fingerprint density at radius 2 is 1.84 bits per heavy atom.